The van der Waals surface area contributed by atoms with Crippen LogP contribution in [-0.4, -0.2) is 32.5 Å². The van der Waals surface area contributed by atoms with Crippen molar-refractivity contribution in [3.05, 3.63) is 58.6 Å². The van der Waals surface area contributed by atoms with E-state index in [4.69, 9.17) is 30.6 Å². The number of halogens is 1. The van der Waals surface area contributed by atoms with Crippen molar-refractivity contribution in [2.75, 3.05) is 20.8 Å². The molecular weight excluding hydrogens is 358 g/mol. The van der Waals surface area contributed by atoms with Crippen LogP contribution in [0.2, 0.25) is 5.02 Å². The Hall–Kier alpha value is -2.73. The van der Waals surface area contributed by atoms with E-state index in [1.54, 1.807) is 19.1 Å². The highest BCUT2D eigenvalue weighted by Crippen LogP contribution is 2.37. The molecule has 0 bridgehead atoms. The number of nitrogens with zero attached hydrogens (tertiary/aromatic N) is 1. The zero-order valence-electron chi connectivity index (χ0n) is 14.8. The van der Waals surface area contributed by atoms with Crippen LogP contribution in [0.15, 0.2) is 47.6 Å². The van der Waals surface area contributed by atoms with Gasteiger partial charge >= 0.3 is 5.97 Å². The van der Waals surface area contributed by atoms with Gasteiger partial charge in [0.1, 0.15) is 6.61 Å². The fourth-order valence-corrected chi connectivity index (χ4v) is 2.54. The maximum Gasteiger partial charge on any atom is 0.361 e. The number of rotatable bonds is 8. The van der Waals surface area contributed by atoms with Gasteiger partial charge in [-0.15, -0.1) is 0 Å². The van der Waals surface area contributed by atoms with Crippen molar-refractivity contribution in [1.82, 2.24) is 0 Å². The van der Waals surface area contributed by atoms with Gasteiger partial charge in [-0.2, -0.15) is 0 Å². The van der Waals surface area contributed by atoms with Crippen molar-refractivity contribution < 1.29 is 23.8 Å². The third-order valence-corrected chi connectivity index (χ3v) is 3.81. The summed E-state index contributed by atoms with van der Waals surface area (Å²) in [6.07, 6.45) is 0. The second-order valence-electron chi connectivity index (χ2n) is 5.08. The van der Waals surface area contributed by atoms with Crippen molar-refractivity contribution in [2.24, 2.45) is 5.16 Å². The molecule has 0 unspecified atom stereocenters. The third-order valence-electron chi connectivity index (χ3n) is 3.44. The molecule has 0 saturated heterocycles. The summed E-state index contributed by atoms with van der Waals surface area (Å²) in [5, 5.41) is 4.14. The molecule has 0 heterocycles. The summed E-state index contributed by atoms with van der Waals surface area (Å²) >= 11 is 6.38. The molecule has 2 aromatic rings. The first-order chi connectivity index (χ1) is 12.6. The molecule has 0 fully saturated rings. The van der Waals surface area contributed by atoms with E-state index >= 15 is 0 Å². The van der Waals surface area contributed by atoms with Gasteiger partial charge in [0.15, 0.2) is 17.2 Å². The Morgan fingerprint density at radius 3 is 2.42 bits per heavy atom. The van der Waals surface area contributed by atoms with E-state index in [0.717, 1.165) is 5.56 Å². The first-order valence-corrected chi connectivity index (χ1v) is 8.32. The number of benzene rings is 2. The second kappa shape index (κ2) is 9.68. The number of ether oxygens (including phenoxy) is 3. The van der Waals surface area contributed by atoms with Gasteiger partial charge in [-0.25, -0.2) is 4.79 Å². The van der Waals surface area contributed by atoms with Gasteiger partial charge in [0.05, 0.1) is 25.8 Å². The SMILES string of the molecule is CCOC(=O)/C(=N/OCc1ccccc1)c1ccc(OC)c(OC)c1Cl. The topological polar surface area (TPSA) is 66.4 Å². The lowest BCUT2D eigenvalue weighted by Gasteiger charge is -2.13. The molecule has 2 aromatic carbocycles. The van der Waals surface area contributed by atoms with Crippen molar-refractivity contribution >= 4 is 23.3 Å². The fraction of sp³-hybridized carbons (Fsp3) is 0.263. The van der Waals surface area contributed by atoms with Gasteiger partial charge in [-0.05, 0) is 24.6 Å². The molecule has 0 amide bonds. The molecule has 0 N–H and O–H groups in total. The summed E-state index contributed by atoms with van der Waals surface area (Å²) < 4.78 is 15.5. The molecule has 0 atom stereocenters. The van der Waals surface area contributed by atoms with E-state index in [1.807, 2.05) is 30.3 Å². The lowest BCUT2D eigenvalue weighted by atomic mass is 10.1. The predicted molar refractivity (Wildman–Crippen MR) is 99.0 cm³/mol. The summed E-state index contributed by atoms with van der Waals surface area (Å²) in [6.45, 7) is 2.10. The van der Waals surface area contributed by atoms with E-state index in [1.165, 1.54) is 14.2 Å². The Morgan fingerprint density at radius 1 is 1.08 bits per heavy atom. The molecule has 138 valence electrons. The van der Waals surface area contributed by atoms with Crippen LogP contribution >= 0.6 is 11.6 Å². The molecule has 0 saturated carbocycles. The number of carbonyl (C=O) groups excluding carboxylic acids is 1. The molecule has 2 rings (SSSR count). The van der Waals surface area contributed by atoms with E-state index in [-0.39, 0.29) is 23.9 Å². The molecule has 0 aromatic heterocycles. The molecular formula is C19H20ClNO5. The van der Waals surface area contributed by atoms with Gasteiger partial charge in [0.2, 0.25) is 0 Å². The van der Waals surface area contributed by atoms with Gasteiger partial charge in [0, 0.05) is 5.56 Å². The van der Waals surface area contributed by atoms with Gasteiger partial charge in [-0.1, -0.05) is 47.1 Å². The largest absolute Gasteiger partial charge is 0.493 e. The number of hydrogen-bond donors (Lipinski definition) is 0. The summed E-state index contributed by atoms with van der Waals surface area (Å²) in [5.74, 6) is 0.0936. The van der Waals surface area contributed by atoms with E-state index in [9.17, 15) is 4.79 Å². The number of carbonyl (C=O) groups is 1. The highest BCUT2D eigenvalue weighted by Gasteiger charge is 2.23. The Kier molecular flexibility index (Phi) is 7.29. The van der Waals surface area contributed by atoms with Crippen molar-refractivity contribution in [3.63, 3.8) is 0 Å². The van der Waals surface area contributed by atoms with Crippen molar-refractivity contribution in [1.29, 1.82) is 0 Å². The highest BCUT2D eigenvalue weighted by atomic mass is 35.5. The van der Waals surface area contributed by atoms with Crippen LogP contribution in [-0.2, 0) is 21.0 Å². The maximum absolute atomic E-state index is 12.3. The van der Waals surface area contributed by atoms with Crippen LogP contribution in [0.1, 0.15) is 18.1 Å². The van der Waals surface area contributed by atoms with Gasteiger partial charge < -0.3 is 19.0 Å². The Labute approximate surface area is 157 Å². The number of methoxy groups -OCH3 is 2. The molecule has 0 aliphatic rings. The smallest absolute Gasteiger partial charge is 0.361 e. The first kappa shape index (κ1) is 19.6. The number of hydrogen-bond acceptors (Lipinski definition) is 6. The molecule has 7 heteroatoms. The third kappa shape index (κ3) is 4.67. The van der Waals surface area contributed by atoms with E-state index in [2.05, 4.69) is 5.16 Å². The summed E-state index contributed by atoms with van der Waals surface area (Å²) in [7, 11) is 2.96. The van der Waals surface area contributed by atoms with E-state index in [0.29, 0.717) is 17.1 Å². The van der Waals surface area contributed by atoms with Crippen LogP contribution in [0.3, 0.4) is 0 Å². The fourth-order valence-electron chi connectivity index (χ4n) is 2.21. The quantitative estimate of drug-likeness (QED) is 0.397. The van der Waals surface area contributed by atoms with Crippen LogP contribution < -0.4 is 9.47 Å². The Morgan fingerprint density at radius 2 is 1.81 bits per heavy atom. The maximum atomic E-state index is 12.3. The van der Waals surface area contributed by atoms with Crippen LogP contribution in [0.4, 0.5) is 0 Å². The minimum atomic E-state index is -0.644. The second-order valence-corrected chi connectivity index (χ2v) is 5.46. The van der Waals surface area contributed by atoms with Crippen molar-refractivity contribution in [2.45, 2.75) is 13.5 Å². The zero-order chi connectivity index (χ0) is 18.9. The normalized spacial score (nSPS) is 11.0. The summed E-state index contributed by atoms with van der Waals surface area (Å²) in [4.78, 5) is 17.7. The zero-order valence-corrected chi connectivity index (χ0v) is 15.6. The van der Waals surface area contributed by atoms with Gasteiger partial charge in [-0.3, -0.25) is 0 Å². The minimum absolute atomic E-state index is 0.0475. The summed E-state index contributed by atoms with van der Waals surface area (Å²) in [6, 6.07) is 12.7. The Balaban J connectivity index is 2.35. The van der Waals surface area contributed by atoms with Gasteiger partial charge in [0.25, 0.3) is 0 Å². The molecule has 0 radical (unpaired) electrons. The lowest BCUT2D eigenvalue weighted by molar-refractivity contribution is -0.135. The summed E-state index contributed by atoms with van der Waals surface area (Å²) in [5.41, 5.74) is 1.20. The minimum Gasteiger partial charge on any atom is -0.493 e. The van der Waals surface area contributed by atoms with Crippen LogP contribution in [0.5, 0.6) is 11.5 Å². The molecule has 0 aliphatic carbocycles. The predicted octanol–water partition coefficient (Wildman–Crippen LogP) is 3.84. The van der Waals surface area contributed by atoms with Crippen LogP contribution in [0.25, 0.3) is 0 Å². The number of oxime groups is 1. The molecule has 6 nitrogen and oxygen atoms in total. The monoisotopic (exact) mass is 377 g/mol. The van der Waals surface area contributed by atoms with E-state index < -0.39 is 5.97 Å². The molecule has 26 heavy (non-hydrogen) atoms. The van der Waals surface area contributed by atoms with Crippen molar-refractivity contribution in [3.8, 4) is 11.5 Å². The Bertz CT molecular complexity index is 777. The highest BCUT2D eigenvalue weighted by molar-refractivity contribution is 6.48. The first-order valence-electron chi connectivity index (χ1n) is 7.94. The molecule has 0 spiro atoms. The average Bonchev–Trinajstić information content (AvgIpc) is 2.66. The standard InChI is InChI=1S/C19H20ClNO5/c1-4-25-19(22)17(21-26-12-13-8-6-5-7-9-13)14-10-11-15(23-2)18(24-3)16(14)20/h5-11H,4,12H2,1-3H3/b21-17+. The lowest BCUT2D eigenvalue weighted by Crippen LogP contribution is -2.20. The number of esters is 1. The molecule has 0 aliphatic heterocycles. The average molecular weight is 378 g/mol. The van der Waals surface area contributed by atoms with Crippen LogP contribution in [0, 0.1) is 0 Å².